The van der Waals surface area contributed by atoms with Crippen LogP contribution in [-0.4, -0.2) is 24.8 Å². The van der Waals surface area contributed by atoms with Gasteiger partial charge in [0, 0.05) is 12.3 Å². The van der Waals surface area contributed by atoms with Crippen molar-refractivity contribution in [2.75, 3.05) is 13.2 Å². The van der Waals surface area contributed by atoms with Crippen LogP contribution < -0.4 is 0 Å². The van der Waals surface area contributed by atoms with Crippen molar-refractivity contribution in [1.29, 1.82) is 0 Å². The molecule has 0 saturated heterocycles. The van der Waals surface area contributed by atoms with Gasteiger partial charge in [0.05, 0.1) is 6.61 Å². The van der Waals surface area contributed by atoms with Gasteiger partial charge in [0.15, 0.2) is 0 Å². The minimum atomic E-state index is -0.434. The van der Waals surface area contributed by atoms with Gasteiger partial charge in [-0.3, -0.25) is 9.79 Å². The maximum absolute atomic E-state index is 13.2. The second-order valence-corrected chi connectivity index (χ2v) is 9.68. The summed E-state index contributed by atoms with van der Waals surface area (Å²) in [6.07, 6.45) is 24.8. The standard InChI is InChI=1S/C28H53NO2/c1-4-7-9-11-13-15-17-19-23-28(27(30)31-6-3,26-22-21-25-29-26)24-20-18-16-14-12-10-8-5-2/h4-25H2,1-3H3. The van der Waals surface area contributed by atoms with E-state index >= 15 is 0 Å². The van der Waals surface area contributed by atoms with Gasteiger partial charge in [0.25, 0.3) is 0 Å². The molecule has 0 aromatic carbocycles. The van der Waals surface area contributed by atoms with Crippen molar-refractivity contribution in [2.45, 2.75) is 149 Å². The van der Waals surface area contributed by atoms with Crippen LogP contribution in [0.25, 0.3) is 0 Å². The Morgan fingerprint density at radius 2 is 1.19 bits per heavy atom. The van der Waals surface area contributed by atoms with Crippen LogP contribution in [0.5, 0.6) is 0 Å². The quantitative estimate of drug-likeness (QED) is 0.133. The fourth-order valence-electron chi connectivity index (χ4n) is 5.06. The highest BCUT2D eigenvalue weighted by Gasteiger charge is 2.44. The third kappa shape index (κ3) is 11.5. The van der Waals surface area contributed by atoms with Gasteiger partial charge in [-0.05, 0) is 32.6 Å². The van der Waals surface area contributed by atoms with Crippen molar-refractivity contribution in [3.8, 4) is 0 Å². The summed E-state index contributed by atoms with van der Waals surface area (Å²) in [7, 11) is 0. The summed E-state index contributed by atoms with van der Waals surface area (Å²) in [5, 5.41) is 0. The van der Waals surface area contributed by atoms with E-state index in [1.807, 2.05) is 6.92 Å². The lowest BCUT2D eigenvalue weighted by Gasteiger charge is -2.32. The van der Waals surface area contributed by atoms with Crippen LogP contribution in [0.4, 0.5) is 0 Å². The van der Waals surface area contributed by atoms with Crippen LogP contribution in [0.1, 0.15) is 149 Å². The lowest BCUT2D eigenvalue weighted by atomic mass is 9.73. The van der Waals surface area contributed by atoms with Gasteiger partial charge in [-0.25, -0.2) is 0 Å². The molecule has 0 atom stereocenters. The summed E-state index contributed by atoms with van der Waals surface area (Å²) in [5.41, 5.74) is 0.730. The summed E-state index contributed by atoms with van der Waals surface area (Å²) in [5.74, 6) is 0.0153. The van der Waals surface area contributed by atoms with Gasteiger partial charge in [0.2, 0.25) is 0 Å². The average molecular weight is 436 g/mol. The van der Waals surface area contributed by atoms with Crippen LogP contribution in [0.2, 0.25) is 0 Å². The normalized spacial score (nSPS) is 14.1. The van der Waals surface area contributed by atoms with E-state index in [1.54, 1.807) is 0 Å². The lowest BCUT2D eigenvalue weighted by molar-refractivity contribution is -0.152. The predicted molar refractivity (Wildman–Crippen MR) is 135 cm³/mol. The highest BCUT2D eigenvalue weighted by molar-refractivity contribution is 6.07. The molecule has 1 rings (SSSR count). The van der Waals surface area contributed by atoms with E-state index < -0.39 is 5.41 Å². The van der Waals surface area contributed by atoms with Crippen molar-refractivity contribution < 1.29 is 9.53 Å². The van der Waals surface area contributed by atoms with Gasteiger partial charge in [-0.2, -0.15) is 0 Å². The van der Waals surface area contributed by atoms with E-state index in [4.69, 9.17) is 9.73 Å². The van der Waals surface area contributed by atoms with Crippen molar-refractivity contribution in [3.05, 3.63) is 0 Å². The molecule has 0 N–H and O–H groups in total. The highest BCUT2D eigenvalue weighted by atomic mass is 16.5. The zero-order chi connectivity index (χ0) is 22.6. The van der Waals surface area contributed by atoms with Gasteiger partial charge in [-0.15, -0.1) is 0 Å². The number of hydrogen-bond acceptors (Lipinski definition) is 3. The molecule has 0 aromatic heterocycles. The van der Waals surface area contributed by atoms with E-state index in [0.29, 0.717) is 6.61 Å². The Balaban J connectivity index is 2.55. The molecule has 1 heterocycles. The molecule has 182 valence electrons. The molecule has 1 aliphatic heterocycles. The second-order valence-electron chi connectivity index (χ2n) is 9.68. The maximum Gasteiger partial charge on any atom is 0.317 e. The van der Waals surface area contributed by atoms with Gasteiger partial charge >= 0.3 is 5.97 Å². The largest absolute Gasteiger partial charge is 0.465 e. The molecule has 0 saturated carbocycles. The van der Waals surface area contributed by atoms with E-state index in [9.17, 15) is 4.79 Å². The van der Waals surface area contributed by atoms with Crippen LogP contribution in [-0.2, 0) is 9.53 Å². The molecular weight excluding hydrogens is 382 g/mol. The molecule has 0 bridgehead atoms. The lowest BCUT2D eigenvalue weighted by Crippen LogP contribution is -2.40. The molecule has 3 nitrogen and oxygen atoms in total. The number of aliphatic imine (C=N–C) groups is 1. The van der Waals surface area contributed by atoms with Crippen molar-refractivity contribution in [2.24, 2.45) is 10.4 Å². The molecule has 0 amide bonds. The maximum atomic E-state index is 13.2. The first-order valence-corrected chi connectivity index (χ1v) is 13.9. The first-order chi connectivity index (χ1) is 15.2. The number of carbonyl (C=O) groups excluding carboxylic acids is 1. The summed E-state index contributed by atoms with van der Waals surface area (Å²) in [6, 6.07) is 0. The van der Waals surface area contributed by atoms with E-state index in [2.05, 4.69) is 13.8 Å². The third-order valence-electron chi connectivity index (χ3n) is 7.01. The Labute approximate surface area is 194 Å². The van der Waals surface area contributed by atoms with E-state index in [0.717, 1.165) is 50.8 Å². The SMILES string of the molecule is CCCCCCCCCCC(CCCCCCCCCC)(C(=O)OCC)C1=NCCC1. The number of hydrogen-bond donors (Lipinski definition) is 0. The average Bonchev–Trinajstić information content (AvgIpc) is 3.31. The zero-order valence-corrected chi connectivity index (χ0v) is 21.3. The molecule has 0 aromatic rings. The molecule has 31 heavy (non-hydrogen) atoms. The Bertz CT molecular complexity index is 452. The second kappa shape index (κ2) is 18.7. The summed E-state index contributed by atoms with van der Waals surface area (Å²) >= 11 is 0. The predicted octanol–water partition coefficient (Wildman–Crippen LogP) is 8.83. The van der Waals surface area contributed by atoms with Gasteiger partial charge < -0.3 is 4.74 Å². The third-order valence-corrected chi connectivity index (χ3v) is 7.01. The Morgan fingerprint density at radius 1 is 0.742 bits per heavy atom. The molecule has 1 aliphatic rings. The smallest absolute Gasteiger partial charge is 0.317 e. The first-order valence-electron chi connectivity index (χ1n) is 13.9. The molecule has 3 heteroatoms. The monoisotopic (exact) mass is 435 g/mol. The minimum absolute atomic E-state index is 0.0153. The number of rotatable bonds is 21. The number of ether oxygens (including phenoxy) is 1. The zero-order valence-electron chi connectivity index (χ0n) is 21.3. The van der Waals surface area contributed by atoms with Crippen LogP contribution in [0.3, 0.4) is 0 Å². The molecule has 0 radical (unpaired) electrons. The molecule has 0 unspecified atom stereocenters. The molecule has 0 fully saturated rings. The van der Waals surface area contributed by atoms with Crippen molar-refractivity contribution in [3.63, 3.8) is 0 Å². The Hall–Kier alpha value is -0.860. The van der Waals surface area contributed by atoms with Crippen molar-refractivity contribution in [1.82, 2.24) is 0 Å². The van der Waals surface area contributed by atoms with Gasteiger partial charge in [0.1, 0.15) is 5.41 Å². The minimum Gasteiger partial charge on any atom is -0.465 e. The van der Waals surface area contributed by atoms with Crippen LogP contribution in [0, 0.1) is 5.41 Å². The number of carbonyl (C=O) groups is 1. The number of esters is 1. The molecule has 0 aliphatic carbocycles. The van der Waals surface area contributed by atoms with Gasteiger partial charge in [-0.1, -0.05) is 117 Å². The highest BCUT2D eigenvalue weighted by Crippen LogP contribution is 2.38. The van der Waals surface area contributed by atoms with Crippen LogP contribution >= 0.6 is 0 Å². The topological polar surface area (TPSA) is 38.7 Å². The van der Waals surface area contributed by atoms with E-state index in [1.165, 1.54) is 89.9 Å². The first kappa shape index (κ1) is 28.2. The van der Waals surface area contributed by atoms with E-state index in [-0.39, 0.29) is 5.97 Å². The fraction of sp³-hybridized carbons (Fsp3) is 0.929. The molecular formula is C28H53NO2. The Kier molecular flexibility index (Phi) is 17.0. The summed E-state index contributed by atoms with van der Waals surface area (Å²) < 4.78 is 5.65. The Morgan fingerprint density at radius 3 is 1.58 bits per heavy atom. The fourth-order valence-corrected chi connectivity index (χ4v) is 5.06. The molecule has 0 spiro atoms. The summed E-state index contributed by atoms with van der Waals surface area (Å²) in [6.45, 7) is 7.85. The van der Waals surface area contributed by atoms with Crippen LogP contribution in [0.15, 0.2) is 4.99 Å². The number of nitrogens with zero attached hydrogens (tertiary/aromatic N) is 1. The van der Waals surface area contributed by atoms with Crippen molar-refractivity contribution >= 4 is 11.7 Å². The summed E-state index contributed by atoms with van der Waals surface area (Å²) in [4.78, 5) is 18.1. The number of unbranched alkanes of at least 4 members (excludes halogenated alkanes) is 14.